The number of hydrogen-bond donors (Lipinski definition) is 0. The summed E-state index contributed by atoms with van der Waals surface area (Å²) in [6.07, 6.45) is 2.91. The lowest BCUT2D eigenvalue weighted by Crippen LogP contribution is -2.08. The molecular weight excluding hydrogens is 186 g/mol. The zero-order chi connectivity index (χ0) is 9.47. The summed E-state index contributed by atoms with van der Waals surface area (Å²) in [5, 5.41) is 0.475. The third kappa shape index (κ3) is 1.46. The molecule has 3 heteroatoms. The first-order chi connectivity index (χ1) is 6.16. The summed E-state index contributed by atoms with van der Waals surface area (Å²) >= 11 is 5.81. The molecule has 0 radical (unpaired) electrons. The van der Waals surface area contributed by atoms with E-state index in [9.17, 15) is 4.79 Å². The van der Waals surface area contributed by atoms with Crippen molar-refractivity contribution in [3.8, 4) is 0 Å². The molecule has 0 aromatic carbocycles. The van der Waals surface area contributed by atoms with Crippen LogP contribution in [0.2, 0.25) is 5.15 Å². The fourth-order valence-electron chi connectivity index (χ4n) is 1.52. The van der Waals surface area contributed by atoms with E-state index in [1.54, 1.807) is 6.07 Å². The second-order valence-corrected chi connectivity index (χ2v) is 3.98. The summed E-state index contributed by atoms with van der Waals surface area (Å²) < 4.78 is 0. The van der Waals surface area contributed by atoms with E-state index < -0.39 is 0 Å². The van der Waals surface area contributed by atoms with E-state index in [4.69, 9.17) is 11.6 Å². The van der Waals surface area contributed by atoms with E-state index in [0.29, 0.717) is 5.15 Å². The Morgan fingerprint density at radius 1 is 1.54 bits per heavy atom. The molecule has 1 aliphatic carbocycles. The SMILES string of the molecule is Cc1cc(C2(C=O)CC2)cc(Cl)n1. The normalized spacial score (nSPS) is 18.3. The van der Waals surface area contributed by atoms with Gasteiger partial charge in [-0.15, -0.1) is 0 Å². The fourth-order valence-corrected chi connectivity index (χ4v) is 1.78. The Kier molecular flexibility index (Phi) is 1.88. The number of carbonyl (C=O) groups is 1. The molecule has 0 atom stereocenters. The maximum atomic E-state index is 10.8. The molecule has 0 N–H and O–H groups in total. The highest BCUT2D eigenvalue weighted by Crippen LogP contribution is 2.46. The van der Waals surface area contributed by atoms with E-state index in [1.807, 2.05) is 13.0 Å². The molecular formula is C10H10ClNO. The van der Waals surface area contributed by atoms with Gasteiger partial charge in [-0.1, -0.05) is 11.6 Å². The fraction of sp³-hybridized carbons (Fsp3) is 0.400. The molecule has 1 heterocycles. The molecule has 0 aliphatic heterocycles. The van der Waals surface area contributed by atoms with Gasteiger partial charge >= 0.3 is 0 Å². The van der Waals surface area contributed by atoms with Crippen molar-refractivity contribution in [2.75, 3.05) is 0 Å². The van der Waals surface area contributed by atoms with Gasteiger partial charge in [-0.25, -0.2) is 4.98 Å². The van der Waals surface area contributed by atoms with E-state index in [-0.39, 0.29) is 5.41 Å². The van der Waals surface area contributed by atoms with Crippen molar-refractivity contribution in [3.05, 3.63) is 28.5 Å². The highest BCUT2D eigenvalue weighted by Gasteiger charge is 2.44. The monoisotopic (exact) mass is 195 g/mol. The predicted molar refractivity (Wildman–Crippen MR) is 51.0 cm³/mol. The quantitative estimate of drug-likeness (QED) is 0.535. The molecule has 0 unspecified atom stereocenters. The summed E-state index contributed by atoms with van der Waals surface area (Å²) in [5.74, 6) is 0. The Balaban J connectivity index is 2.46. The Bertz CT molecular complexity index is 338. The lowest BCUT2D eigenvalue weighted by atomic mass is 9.98. The molecule has 2 rings (SSSR count). The van der Waals surface area contributed by atoms with Gasteiger partial charge in [0.15, 0.2) is 0 Å². The minimum absolute atomic E-state index is 0.239. The van der Waals surface area contributed by atoms with E-state index in [2.05, 4.69) is 4.98 Å². The number of hydrogen-bond acceptors (Lipinski definition) is 2. The van der Waals surface area contributed by atoms with Crippen LogP contribution in [0.25, 0.3) is 0 Å². The van der Waals surface area contributed by atoms with Crippen LogP contribution in [0.1, 0.15) is 24.1 Å². The number of halogens is 1. The molecule has 0 saturated heterocycles. The molecule has 1 aromatic heterocycles. The average Bonchev–Trinajstić information content (AvgIpc) is 2.82. The largest absolute Gasteiger partial charge is 0.302 e. The van der Waals surface area contributed by atoms with Gasteiger partial charge < -0.3 is 4.79 Å². The number of aldehydes is 1. The van der Waals surface area contributed by atoms with Gasteiger partial charge in [0.25, 0.3) is 0 Å². The van der Waals surface area contributed by atoms with Gasteiger partial charge in [0, 0.05) is 5.69 Å². The lowest BCUT2D eigenvalue weighted by molar-refractivity contribution is -0.109. The smallest absolute Gasteiger partial charge is 0.130 e. The van der Waals surface area contributed by atoms with Gasteiger partial charge in [0.1, 0.15) is 11.4 Å². The van der Waals surface area contributed by atoms with Gasteiger partial charge in [0.2, 0.25) is 0 Å². The molecule has 13 heavy (non-hydrogen) atoms. The first-order valence-corrected chi connectivity index (χ1v) is 4.65. The zero-order valence-electron chi connectivity index (χ0n) is 7.38. The first kappa shape index (κ1) is 8.70. The molecule has 68 valence electrons. The third-order valence-corrected chi connectivity index (χ3v) is 2.70. The Hall–Kier alpha value is -0.890. The van der Waals surface area contributed by atoms with Crippen LogP contribution in [0.3, 0.4) is 0 Å². The molecule has 0 amide bonds. The summed E-state index contributed by atoms with van der Waals surface area (Å²) in [4.78, 5) is 14.9. The maximum Gasteiger partial charge on any atom is 0.130 e. The summed E-state index contributed by atoms with van der Waals surface area (Å²) in [7, 11) is 0. The zero-order valence-corrected chi connectivity index (χ0v) is 8.14. The Labute approximate surface area is 81.9 Å². The van der Waals surface area contributed by atoms with Crippen LogP contribution in [-0.2, 0) is 10.2 Å². The van der Waals surface area contributed by atoms with Crippen LogP contribution < -0.4 is 0 Å². The Morgan fingerprint density at radius 3 is 2.69 bits per heavy atom. The van der Waals surface area contributed by atoms with E-state index in [1.165, 1.54) is 0 Å². The summed E-state index contributed by atoms with van der Waals surface area (Å²) in [6, 6.07) is 3.73. The molecule has 0 spiro atoms. The van der Waals surface area contributed by atoms with Crippen molar-refractivity contribution in [2.24, 2.45) is 0 Å². The predicted octanol–water partition coefficient (Wildman–Crippen LogP) is 2.27. The standard InChI is InChI=1S/C10H10ClNO/c1-7-4-8(5-9(11)12-7)10(6-13)2-3-10/h4-6H,2-3H2,1H3. The van der Waals surface area contributed by atoms with Crippen molar-refractivity contribution in [1.82, 2.24) is 4.98 Å². The van der Waals surface area contributed by atoms with Crippen LogP contribution in [0, 0.1) is 6.92 Å². The number of pyridine rings is 1. The number of aromatic nitrogens is 1. The highest BCUT2D eigenvalue weighted by molar-refractivity contribution is 6.29. The molecule has 0 bridgehead atoms. The third-order valence-electron chi connectivity index (χ3n) is 2.51. The average molecular weight is 196 g/mol. The molecule has 1 saturated carbocycles. The number of nitrogens with zero attached hydrogens (tertiary/aromatic N) is 1. The van der Waals surface area contributed by atoms with Gasteiger partial charge in [-0.2, -0.15) is 0 Å². The lowest BCUT2D eigenvalue weighted by Gasteiger charge is -2.08. The van der Waals surface area contributed by atoms with Crippen LogP contribution in [0.15, 0.2) is 12.1 Å². The molecule has 1 aliphatic rings. The van der Waals surface area contributed by atoms with Gasteiger partial charge in [0.05, 0.1) is 5.41 Å². The first-order valence-electron chi connectivity index (χ1n) is 4.27. The van der Waals surface area contributed by atoms with E-state index >= 15 is 0 Å². The topological polar surface area (TPSA) is 30.0 Å². The summed E-state index contributed by atoms with van der Waals surface area (Å²) in [6.45, 7) is 1.89. The second-order valence-electron chi connectivity index (χ2n) is 3.59. The highest BCUT2D eigenvalue weighted by atomic mass is 35.5. The van der Waals surface area contributed by atoms with Crippen molar-refractivity contribution < 1.29 is 4.79 Å². The van der Waals surface area contributed by atoms with Crippen molar-refractivity contribution in [2.45, 2.75) is 25.2 Å². The van der Waals surface area contributed by atoms with Crippen LogP contribution >= 0.6 is 11.6 Å². The number of rotatable bonds is 2. The van der Waals surface area contributed by atoms with E-state index in [0.717, 1.165) is 30.4 Å². The van der Waals surface area contributed by atoms with Crippen molar-refractivity contribution >= 4 is 17.9 Å². The maximum absolute atomic E-state index is 10.8. The number of carbonyl (C=O) groups excluding carboxylic acids is 1. The van der Waals surface area contributed by atoms with Crippen LogP contribution in [0.5, 0.6) is 0 Å². The minimum Gasteiger partial charge on any atom is -0.302 e. The second kappa shape index (κ2) is 2.81. The van der Waals surface area contributed by atoms with Crippen molar-refractivity contribution in [1.29, 1.82) is 0 Å². The van der Waals surface area contributed by atoms with Gasteiger partial charge in [-0.05, 0) is 37.5 Å². The number of aryl methyl sites for hydroxylation is 1. The Morgan fingerprint density at radius 2 is 2.23 bits per heavy atom. The molecule has 2 nitrogen and oxygen atoms in total. The van der Waals surface area contributed by atoms with Gasteiger partial charge in [-0.3, -0.25) is 0 Å². The van der Waals surface area contributed by atoms with Crippen LogP contribution in [0.4, 0.5) is 0 Å². The summed E-state index contributed by atoms with van der Waals surface area (Å²) in [5.41, 5.74) is 1.65. The minimum atomic E-state index is -0.239. The van der Waals surface area contributed by atoms with Crippen molar-refractivity contribution in [3.63, 3.8) is 0 Å². The molecule has 1 aromatic rings. The van der Waals surface area contributed by atoms with Crippen LogP contribution in [-0.4, -0.2) is 11.3 Å². The molecule has 1 fully saturated rings.